The lowest BCUT2D eigenvalue weighted by Gasteiger charge is -2.15. The summed E-state index contributed by atoms with van der Waals surface area (Å²) in [5.74, 6) is -0.451. The molecule has 1 saturated heterocycles. The molecule has 2 aliphatic heterocycles. The number of carbonyl (C=O) groups is 2. The summed E-state index contributed by atoms with van der Waals surface area (Å²) in [5.41, 5.74) is 3.77. The van der Waals surface area contributed by atoms with Crippen molar-refractivity contribution in [2.24, 2.45) is 0 Å². The van der Waals surface area contributed by atoms with E-state index in [-0.39, 0.29) is 11.8 Å². The van der Waals surface area contributed by atoms with Crippen molar-refractivity contribution < 1.29 is 9.59 Å². The number of aryl methyl sites for hydroxylation is 1. The minimum atomic E-state index is -0.257. The number of hydrogen-bond donors (Lipinski definition) is 0. The molecule has 27 heavy (non-hydrogen) atoms. The third kappa shape index (κ3) is 2.81. The third-order valence-electron chi connectivity index (χ3n) is 4.52. The Balaban J connectivity index is 1.83. The molecule has 2 amide bonds. The molecule has 4 rings (SSSR count). The van der Waals surface area contributed by atoms with Gasteiger partial charge in [-0.3, -0.25) is 14.5 Å². The number of thiocarbonyl (C=S) groups is 1. The predicted molar refractivity (Wildman–Crippen MR) is 115 cm³/mol. The summed E-state index contributed by atoms with van der Waals surface area (Å²) in [5, 5.41) is 0. The molecule has 0 aliphatic carbocycles. The van der Waals surface area contributed by atoms with Gasteiger partial charge in [-0.2, -0.15) is 0 Å². The van der Waals surface area contributed by atoms with Crippen LogP contribution in [0, 0.1) is 6.92 Å². The molecule has 1 fully saturated rings. The van der Waals surface area contributed by atoms with Gasteiger partial charge in [0.2, 0.25) is 0 Å². The van der Waals surface area contributed by atoms with Crippen LogP contribution in [0.1, 0.15) is 11.1 Å². The highest BCUT2D eigenvalue weighted by Gasteiger charge is 2.42. The van der Waals surface area contributed by atoms with E-state index < -0.39 is 0 Å². The summed E-state index contributed by atoms with van der Waals surface area (Å²) in [7, 11) is 0. The van der Waals surface area contributed by atoms with Gasteiger partial charge in [-0.05, 0) is 25.1 Å². The lowest BCUT2D eigenvalue weighted by Crippen LogP contribution is -2.29. The number of fused-ring (bicyclic) bond motifs is 1. The van der Waals surface area contributed by atoms with Crippen LogP contribution in [-0.2, 0) is 9.59 Å². The maximum atomic E-state index is 13.2. The zero-order valence-electron chi connectivity index (χ0n) is 14.6. The molecule has 4 nitrogen and oxygen atoms in total. The molecular formula is C21H16N2O2S2. The number of para-hydroxylation sites is 1. The summed E-state index contributed by atoms with van der Waals surface area (Å²) in [6.45, 7) is 6.10. The van der Waals surface area contributed by atoms with Gasteiger partial charge in [0.25, 0.3) is 11.8 Å². The van der Waals surface area contributed by atoms with Crippen molar-refractivity contribution in [3.63, 3.8) is 0 Å². The summed E-state index contributed by atoms with van der Waals surface area (Å²) in [6.07, 6.45) is 1.68. The first-order chi connectivity index (χ1) is 13.0. The number of carbonyl (C=O) groups excluding carboxylic acids is 2. The second-order valence-electron chi connectivity index (χ2n) is 6.27. The number of nitrogens with zero attached hydrogens (tertiary/aromatic N) is 2. The molecular weight excluding hydrogens is 376 g/mol. The van der Waals surface area contributed by atoms with Gasteiger partial charge in [0.1, 0.15) is 0 Å². The number of hydrogen-bond acceptors (Lipinski definition) is 4. The fourth-order valence-corrected chi connectivity index (χ4v) is 4.62. The number of anilines is 2. The molecule has 6 heteroatoms. The minimum Gasteiger partial charge on any atom is -0.304 e. The van der Waals surface area contributed by atoms with Gasteiger partial charge in [-0.15, -0.1) is 6.58 Å². The fourth-order valence-electron chi connectivity index (χ4n) is 3.25. The largest absolute Gasteiger partial charge is 0.304 e. The SMILES string of the molecule is C=CCN1C(=O)/C(=C2\SC(=S)N(c3ccc(C)cc3)C2=O)c2ccccc21. The van der Waals surface area contributed by atoms with Crippen LogP contribution in [0.2, 0.25) is 0 Å². The Morgan fingerprint density at radius 2 is 1.78 bits per heavy atom. The van der Waals surface area contributed by atoms with E-state index in [0.29, 0.717) is 27.0 Å². The van der Waals surface area contributed by atoms with Crippen LogP contribution < -0.4 is 9.80 Å². The van der Waals surface area contributed by atoms with Crippen molar-refractivity contribution in [2.75, 3.05) is 16.3 Å². The first-order valence-electron chi connectivity index (χ1n) is 8.42. The van der Waals surface area contributed by atoms with E-state index in [1.165, 1.54) is 16.7 Å². The van der Waals surface area contributed by atoms with E-state index in [9.17, 15) is 9.59 Å². The van der Waals surface area contributed by atoms with Crippen molar-refractivity contribution in [1.82, 2.24) is 0 Å². The van der Waals surface area contributed by atoms with Crippen molar-refractivity contribution in [3.8, 4) is 0 Å². The van der Waals surface area contributed by atoms with Crippen LogP contribution >= 0.6 is 24.0 Å². The highest BCUT2D eigenvalue weighted by atomic mass is 32.2. The summed E-state index contributed by atoms with van der Waals surface area (Å²) >= 11 is 6.64. The smallest absolute Gasteiger partial charge is 0.271 e. The molecule has 0 saturated carbocycles. The average Bonchev–Trinajstić information content (AvgIpc) is 3.10. The maximum Gasteiger partial charge on any atom is 0.271 e. The normalized spacial score (nSPS) is 19.1. The number of amides is 2. The topological polar surface area (TPSA) is 40.6 Å². The van der Waals surface area contributed by atoms with Gasteiger partial charge in [0.05, 0.1) is 21.9 Å². The molecule has 0 N–H and O–H groups in total. The Kier molecular flexibility index (Phi) is 4.45. The number of rotatable bonds is 3. The average molecular weight is 393 g/mol. The Morgan fingerprint density at radius 3 is 2.48 bits per heavy atom. The van der Waals surface area contributed by atoms with E-state index in [1.54, 1.807) is 11.0 Å². The van der Waals surface area contributed by atoms with Crippen LogP contribution in [0.3, 0.4) is 0 Å². The second kappa shape index (κ2) is 6.79. The lowest BCUT2D eigenvalue weighted by atomic mass is 10.1. The molecule has 2 heterocycles. The molecule has 0 aromatic heterocycles. The van der Waals surface area contributed by atoms with E-state index >= 15 is 0 Å². The Labute approximate surface area is 167 Å². The van der Waals surface area contributed by atoms with Crippen LogP contribution in [0.15, 0.2) is 66.1 Å². The van der Waals surface area contributed by atoms with Crippen molar-refractivity contribution in [2.45, 2.75) is 6.92 Å². The van der Waals surface area contributed by atoms with Crippen molar-refractivity contribution in [3.05, 3.63) is 77.2 Å². The van der Waals surface area contributed by atoms with Gasteiger partial charge in [-0.25, -0.2) is 0 Å². The standard InChI is InChI=1S/C21H16N2O2S2/c1-3-12-22-16-7-5-4-6-15(16)17(19(22)24)18-20(25)23(21(26)27-18)14-10-8-13(2)9-11-14/h3-11H,1,12H2,2H3/b18-17-. The predicted octanol–water partition coefficient (Wildman–Crippen LogP) is 4.30. The Bertz CT molecular complexity index is 1020. The molecule has 0 radical (unpaired) electrons. The Morgan fingerprint density at radius 1 is 1.07 bits per heavy atom. The molecule has 0 atom stereocenters. The zero-order valence-corrected chi connectivity index (χ0v) is 16.3. The maximum absolute atomic E-state index is 13.2. The fraction of sp³-hybridized carbons (Fsp3) is 0.0952. The monoisotopic (exact) mass is 392 g/mol. The van der Waals surface area contributed by atoms with Gasteiger partial charge in [0, 0.05) is 12.1 Å². The van der Waals surface area contributed by atoms with Gasteiger partial charge in [0.15, 0.2) is 4.32 Å². The molecule has 134 valence electrons. The van der Waals surface area contributed by atoms with Crippen LogP contribution in [0.4, 0.5) is 11.4 Å². The van der Waals surface area contributed by atoms with Crippen molar-refractivity contribution in [1.29, 1.82) is 0 Å². The highest BCUT2D eigenvalue weighted by molar-refractivity contribution is 8.27. The van der Waals surface area contributed by atoms with Crippen molar-refractivity contribution >= 4 is 57.1 Å². The second-order valence-corrected chi connectivity index (χ2v) is 7.91. The summed E-state index contributed by atoms with van der Waals surface area (Å²) < 4.78 is 0.429. The van der Waals surface area contributed by atoms with Crippen LogP contribution in [-0.4, -0.2) is 22.7 Å². The van der Waals surface area contributed by atoms with E-state index in [4.69, 9.17) is 12.2 Å². The van der Waals surface area contributed by atoms with Gasteiger partial charge >= 0.3 is 0 Å². The third-order valence-corrected chi connectivity index (χ3v) is 5.90. The van der Waals surface area contributed by atoms with Gasteiger partial charge < -0.3 is 4.90 Å². The highest BCUT2D eigenvalue weighted by Crippen LogP contribution is 2.45. The molecule has 0 spiro atoms. The minimum absolute atomic E-state index is 0.194. The molecule has 2 aliphatic rings. The quantitative estimate of drug-likeness (QED) is 0.444. The first-order valence-corrected chi connectivity index (χ1v) is 9.64. The van der Waals surface area contributed by atoms with E-state index in [2.05, 4.69) is 6.58 Å². The lowest BCUT2D eigenvalue weighted by molar-refractivity contribution is -0.115. The van der Waals surface area contributed by atoms with Crippen LogP contribution in [0.5, 0.6) is 0 Å². The molecule has 2 aromatic carbocycles. The Hall–Kier alpha value is -2.70. The van der Waals surface area contributed by atoms with Gasteiger partial charge in [-0.1, -0.05) is 66.0 Å². The van der Waals surface area contributed by atoms with E-state index in [0.717, 1.165) is 16.8 Å². The number of thioether (sulfide) groups is 1. The van der Waals surface area contributed by atoms with Crippen LogP contribution in [0.25, 0.3) is 5.57 Å². The molecule has 0 unspecified atom stereocenters. The summed E-state index contributed by atoms with van der Waals surface area (Å²) in [6, 6.07) is 15.1. The van der Waals surface area contributed by atoms with E-state index in [1.807, 2.05) is 55.5 Å². The molecule has 0 bridgehead atoms. The first kappa shape index (κ1) is 17.7. The number of benzene rings is 2. The summed E-state index contributed by atoms with van der Waals surface area (Å²) in [4.78, 5) is 29.8. The zero-order chi connectivity index (χ0) is 19.1. The molecule has 2 aromatic rings.